The maximum Gasteiger partial charge on any atom is 0.407 e. The van der Waals surface area contributed by atoms with Crippen LogP contribution in [0.3, 0.4) is 0 Å². The van der Waals surface area contributed by atoms with Gasteiger partial charge in [0.1, 0.15) is 0 Å². The van der Waals surface area contributed by atoms with Crippen molar-refractivity contribution >= 4 is 39.8 Å². The molecule has 0 saturated carbocycles. The van der Waals surface area contributed by atoms with Crippen LogP contribution in [0, 0.1) is 5.92 Å². The summed E-state index contributed by atoms with van der Waals surface area (Å²) in [6.07, 6.45) is 2.45. The topological polar surface area (TPSA) is 82.5 Å². The fourth-order valence-corrected chi connectivity index (χ4v) is 4.36. The molecule has 2 atom stereocenters. The van der Waals surface area contributed by atoms with E-state index in [1.807, 2.05) is 41.8 Å². The van der Waals surface area contributed by atoms with E-state index in [0.29, 0.717) is 12.2 Å². The van der Waals surface area contributed by atoms with Crippen LogP contribution in [0.1, 0.15) is 10.8 Å². The van der Waals surface area contributed by atoms with E-state index >= 15 is 0 Å². The summed E-state index contributed by atoms with van der Waals surface area (Å²) in [7, 11) is 0. The number of nitrogens with one attached hydrogen (secondary N) is 1. The van der Waals surface area contributed by atoms with E-state index in [1.165, 1.54) is 4.90 Å². The van der Waals surface area contributed by atoms with Crippen LogP contribution in [0.4, 0.5) is 10.5 Å². The maximum absolute atomic E-state index is 13.0. The molecule has 4 rings (SSSR count). The number of benzene rings is 1. The highest BCUT2D eigenvalue weighted by Gasteiger charge is 2.41. The molecule has 2 amide bonds. The molecule has 26 heavy (non-hydrogen) atoms. The van der Waals surface area contributed by atoms with Gasteiger partial charge in [0.2, 0.25) is 5.91 Å². The van der Waals surface area contributed by atoms with E-state index in [1.54, 1.807) is 23.7 Å². The number of thiophene rings is 1. The number of pyridine rings is 1. The van der Waals surface area contributed by atoms with Crippen molar-refractivity contribution in [2.75, 3.05) is 18.4 Å². The molecule has 1 aliphatic rings. The van der Waals surface area contributed by atoms with Crippen molar-refractivity contribution in [2.45, 2.75) is 5.92 Å². The van der Waals surface area contributed by atoms with Crippen LogP contribution >= 0.6 is 11.3 Å². The van der Waals surface area contributed by atoms with Gasteiger partial charge in [-0.25, -0.2) is 4.79 Å². The van der Waals surface area contributed by atoms with E-state index in [-0.39, 0.29) is 18.4 Å². The lowest BCUT2D eigenvalue weighted by Gasteiger charge is -2.17. The summed E-state index contributed by atoms with van der Waals surface area (Å²) in [5, 5.41) is 16.2. The van der Waals surface area contributed by atoms with E-state index in [4.69, 9.17) is 0 Å². The SMILES string of the molecule is O=C(Nc1cccc2cnccc12)[C@@H]1CN(C(=O)O)C[C@H]1c1cccs1. The van der Waals surface area contributed by atoms with Crippen molar-refractivity contribution in [1.29, 1.82) is 0 Å². The molecule has 0 bridgehead atoms. The minimum absolute atomic E-state index is 0.122. The zero-order chi connectivity index (χ0) is 18.1. The van der Waals surface area contributed by atoms with E-state index in [9.17, 15) is 14.7 Å². The van der Waals surface area contributed by atoms with Crippen molar-refractivity contribution in [3.63, 3.8) is 0 Å². The second kappa shape index (κ2) is 6.76. The van der Waals surface area contributed by atoms with E-state index < -0.39 is 12.0 Å². The standard InChI is InChI=1S/C19H17N3O3S/c23-18(21-16-4-1-3-12-9-20-7-6-13(12)16)15-11-22(19(24)25)10-14(15)17-5-2-8-26-17/h1-9,14-15H,10-11H2,(H,21,23)(H,24,25)/t14-,15-/m1/s1. The van der Waals surface area contributed by atoms with Gasteiger partial charge in [-0.1, -0.05) is 18.2 Å². The molecule has 6 nitrogen and oxygen atoms in total. The van der Waals surface area contributed by atoms with Gasteiger partial charge in [0.25, 0.3) is 0 Å². The second-order valence-electron chi connectivity index (χ2n) is 6.31. The number of anilines is 1. The number of amides is 2. The number of nitrogens with zero attached hydrogens (tertiary/aromatic N) is 2. The van der Waals surface area contributed by atoms with Crippen LogP contribution in [0.25, 0.3) is 10.8 Å². The Balaban J connectivity index is 1.62. The Hall–Kier alpha value is -2.93. The van der Waals surface area contributed by atoms with Crippen LogP contribution in [-0.2, 0) is 4.79 Å². The first-order valence-corrected chi connectivity index (χ1v) is 9.16. The highest BCUT2D eigenvalue weighted by molar-refractivity contribution is 7.10. The Kier molecular flexibility index (Phi) is 4.30. The van der Waals surface area contributed by atoms with Crippen molar-refractivity contribution in [3.8, 4) is 0 Å². The summed E-state index contributed by atoms with van der Waals surface area (Å²) in [4.78, 5) is 30.9. The summed E-state index contributed by atoms with van der Waals surface area (Å²) >= 11 is 1.56. The van der Waals surface area contributed by atoms with Gasteiger partial charge in [-0.15, -0.1) is 11.3 Å². The van der Waals surface area contributed by atoms with Crippen LogP contribution in [0.2, 0.25) is 0 Å². The van der Waals surface area contributed by atoms with Gasteiger partial charge in [-0.2, -0.15) is 0 Å². The average molecular weight is 367 g/mol. The number of carbonyl (C=O) groups excluding carboxylic acids is 1. The van der Waals surface area contributed by atoms with Crippen molar-refractivity contribution < 1.29 is 14.7 Å². The Morgan fingerprint density at radius 3 is 2.85 bits per heavy atom. The molecule has 2 aromatic heterocycles. The molecule has 1 aliphatic heterocycles. The third-order valence-electron chi connectivity index (χ3n) is 4.77. The smallest absolute Gasteiger partial charge is 0.407 e. The quantitative estimate of drug-likeness (QED) is 0.741. The lowest BCUT2D eigenvalue weighted by atomic mass is 9.93. The molecule has 7 heteroatoms. The minimum atomic E-state index is -0.988. The Morgan fingerprint density at radius 2 is 2.08 bits per heavy atom. The number of likely N-dealkylation sites (tertiary alicyclic amines) is 1. The van der Waals surface area contributed by atoms with Gasteiger partial charge >= 0.3 is 6.09 Å². The molecule has 0 spiro atoms. The zero-order valence-electron chi connectivity index (χ0n) is 13.8. The van der Waals surface area contributed by atoms with Gasteiger partial charge in [0, 0.05) is 52.7 Å². The molecule has 0 aliphatic carbocycles. The molecule has 0 radical (unpaired) electrons. The third-order valence-corrected chi connectivity index (χ3v) is 5.78. The largest absolute Gasteiger partial charge is 0.465 e. The van der Waals surface area contributed by atoms with Crippen molar-refractivity contribution in [1.82, 2.24) is 9.88 Å². The number of rotatable bonds is 3. The number of fused-ring (bicyclic) bond motifs is 1. The van der Waals surface area contributed by atoms with Gasteiger partial charge in [-0.05, 0) is 23.6 Å². The predicted octanol–water partition coefficient (Wildman–Crippen LogP) is 3.63. The second-order valence-corrected chi connectivity index (χ2v) is 7.29. The summed E-state index contributed by atoms with van der Waals surface area (Å²) in [5.41, 5.74) is 0.716. The van der Waals surface area contributed by atoms with Gasteiger partial charge in [-0.3, -0.25) is 9.78 Å². The van der Waals surface area contributed by atoms with Crippen LogP contribution < -0.4 is 5.32 Å². The zero-order valence-corrected chi connectivity index (χ0v) is 14.6. The summed E-state index contributed by atoms with van der Waals surface area (Å²) in [6.45, 7) is 0.545. The molecular weight excluding hydrogens is 350 g/mol. The molecule has 1 aromatic carbocycles. The van der Waals surface area contributed by atoms with Crippen molar-refractivity contribution in [3.05, 3.63) is 59.0 Å². The molecular formula is C19H17N3O3S. The Morgan fingerprint density at radius 1 is 1.19 bits per heavy atom. The number of hydrogen-bond donors (Lipinski definition) is 2. The van der Waals surface area contributed by atoms with Gasteiger partial charge < -0.3 is 15.3 Å². The summed E-state index contributed by atoms with van der Waals surface area (Å²) < 4.78 is 0. The molecule has 2 N–H and O–H groups in total. The van der Waals surface area contributed by atoms with Crippen LogP contribution in [-0.4, -0.2) is 40.1 Å². The van der Waals surface area contributed by atoms with Crippen molar-refractivity contribution in [2.24, 2.45) is 5.92 Å². The number of aromatic nitrogens is 1. The lowest BCUT2D eigenvalue weighted by Crippen LogP contribution is -2.30. The molecule has 132 valence electrons. The normalized spacial score (nSPS) is 19.6. The first kappa shape index (κ1) is 16.5. The molecule has 1 fully saturated rings. The molecule has 3 aromatic rings. The minimum Gasteiger partial charge on any atom is -0.465 e. The summed E-state index contributed by atoms with van der Waals surface area (Å²) in [6, 6.07) is 11.4. The number of hydrogen-bond acceptors (Lipinski definition) is 4. The first-order valence-electron chi connectivity index (χ1n) is 8.28. The number of carbonyl (C=O) groups is 2. The van der Waals surface area contributed by atoms with E-state index in [0.717, 1.165) is 15.6 Å². The highest BCUT2D eigenvalue weighted by atomic mass is 32.1. The van der Waals surface area contributed by atoms with Gasteiger partial charge in [0.15, 0.2) is 0 Å². The molecule has 3 heterocycles. The molecule has 0 unspecified atom stereocenters. The lowest BCUT2D eigenvalue weighted by molar-refractivity contribution is -0.119. The Bertz CT molecular complexity index is 952. The van der Waals surface area contributed by atoms with E-state index in [2.05, 4.69) is 10.3 Å². The number of carboxylic acid groups (broad SMARTS) is 1. The predicted molar refractivity (Wildman–Crippen MR) is 101 cm³/mol. The van der Waals surface area contributed by atoms with Crippen LogP contribution in [0.15, 0.2) is 54.2 Å². The fraction of sp³-hybridized carbons (Fsp3) is 0.211. The van der Waals surface area contributed by atoms with Crippen LogP contribution in [0.5, 0.6) is 0 Å². The third kappa shape index (κ3) is 3.01. The first-order chi connectivity index (χ1) is 12.6. The average Bonchev–Trinajstić information content (AvgIpc) is 3.31. The van der Waals surface area contributed by atoms with Gasteiger partial charge in [0.05, 0.1) is 5.92 Å². The monoisotopic (exact) mass is 367 g/mol. The Labute approximate surface area is 154 Å². The summed E-state index contributed by atoms with van der Waals surface area (Å²) in [5.74, 6) is -0.693. The maximum atomic E-state index is 13.0. The highest BCUT2D eigenvalue weighted by Crippen LogP contribution is 2.36. The molecule has 1 saturated heterocycles. The fourth-order valence-electron chi connectivity index (χ4n) is 3.47.